The Hall–Kier alpha value is -1.31. The molecule has 4 nitrogen and oxygen atoms in total. The molecule has 1 N–H and O–H groups in total. The van der Waals surface area contributed by atoms with Gasteiger partial charge in [-0.25, -0.2) is 9.97 Å². The third kappa shape index (κ3) is 3.96. The first kappa shape index (κ1) is 19.0. The van der Waals surface area contributed by atoms with Gasteiger partial charge >= 0.3 is 6.18 Å². The van der Waals surface area contributed by atoms with Crippen LogP contribution in [-0.4, -0.2) is 27.7 Å². The van der Waals surface area contributed by atoms with Crippen LogP contribution in [0, 0.1) is 23.2 Å². The van der Waals surface area contributed by atoms with Gasteiger partial charge in [-0.3, -0.25) is 4.79 Å². The Bertz CT molecular complexity index is 689. The first-order chi connectivity index (χ1) is 12.7. The molecule has 1 heterocycles. The lowest BCUT2D eigenvalue weighted by atomic mass is 9.48. The Labute approximate surface area is 161 Å². The van der Waals surface area contributed by atoms with Crippen LogP contribution in [0.5, 0.6) is 0 Å². The maximum atomic E-state index is 12.7. The molecule has 4 aliphatic rings. The van der Waals surface area contributed by atoms with Gasteiger partial charge in [0.25, 0.3) is 0 Å². The van der Waals surface area contributed by atoms with Gasteiger partial charge < -0.3 is 5.32 Å². The zero-order chi connectivity index (χ0) is 19.2. The molecule has 148 valence electrons. The minimum atomic E-state index is -4.51. The summed E-state index contributed by atoms with van der Waals surface area (Å²) in [5.74, 6) is 2.29. The summed E-state index contributed by atoms with van der Waals surface area (Å²) in [5, 5.41) is 3.09. The highest BCUT2D eigenvalue weighted by Gasteiger charge is 2.53. The number of aromatic nitrogens is 2. The second-order valence-corrected chi connectivity index (χ2v) is 9.52. The summed E-state index contributed by atoms with van der Waals surface area (Å²) in [5.41, 5.74) is -0.774. The molecule has 0 aromatic carbocycles. The number of nitrogens with zero attached hydrogens (tertiary/aromatic N) is 2. The van der Waals surface area contributed by atoms with Crippen LogP contribution >= 0.6 is 11.8 Å². The van der Waals surface area contributed by atoms with E-state index < -0.39 is 11.9 Å². The van der Waals surface area contributed by atoms with Crippen molar-refractivity contribution < 1.29 is 18.0 Å². The first-order valence-electron chi connectivity index (χ1n) is 9.56. The first-order valence-corrected chi connectivity index (χ1v) is 10.5. The molecule has 4 saturated carbocycles. The lowest BCUT2D eigenvalue weighted by Gasteiger charge is -2.59. The van der Waals surface area contributed by atoms with E-state index in [1.807, 2.05) is 0 Å². The van der Waals surface area contributed by atoms with Crippen molar-refractivity contribution in [2.75, 3.05) is 5.75 Å². The molecule has 1 atom stereocenters. The van der Waals surface area contributed by atoms with E-state index in [-0.39, 0.29) is 28.3 Å². The second-order valence-electron chi connectivity index (χ2n) is 8.58. The van der Waals surface area contributed by atoms with Gasteiger partial charge in [-0.15, -0.1) is 0 Å². The largest absolute Gasteiger partial charge is 0.433 e. The van der Waals surface area contributed by atoms with Gasteiger partial charge in [0.05, 0.1) is 5.75 Å². The number of rotatable bonds is 5. The average molecular weight is 399 g/mol. The van der Waals surface area contributed by atoms with Crippen molar-refractivity contribution in [3.8, 4) is 0 Å². The van der Waals surface area contributed by atoms with Crippen molar-refractivity contribution in [1.82, 2.24) is 15.3 Å². The maximum absolute atomic E-state index is 12.7. The average Bonchev–Trinajstić information content (AvgIpc) is 2.58. The van der Waals surface area contributed by atoms with Gasteiger partial charge in [0.15, 0.2) is 5.16 Å². The summed E-state index contributed by atoms with van der Waals surface area (Å²) in [4.78, 5) is 19.7. The van der Waals surface area contributed by atoms with Crippen LogP contribution < -0.4 is 5.32 Å². The third-order valence-electron chi connectivity index (χ3n) is 6.64. The fourth-order valence-corrected chi connectivity index (χ4v) is 6.48. The smallest absolute Gasteiger partial charge is 0.352 e. The number of alkyl halides is 3. The number of nitrogens with one attached hydrogen (secondary N) is 1. The van der Waals surface area contributed by atoms with E-state index in [4.69, 9.17) is 0 Å². The molecule has 8 heteroatoms. The number of halogens is 3. The maximum Gasteiger partial charge on any atom is 0.433 e. The van der Waals surface area contributed by atoms with E-state index in [9.17, 15) is 18.0 Å². The van der Waals surface area contributed by atoms with E-state index >= 15 is 0 Å². The van der Waals surface area contributed by atoms with Crippen LogP contribution in [0.1, 0.15) is 51.1 Å². The third-order valence-corrected chi connectivity index (χ3v) is 7.50. The van der Waals surface area contributed by atoms with E-state index in [1.165, 1.54) is 38.5 Å². The van der Waals surface area contributed by atoms with Crippen molar-refractivity contribution in [3.05, 3.63) is 18.0 Å². The Kier molecular flexibility index (Phi) is 4.89. The van der Waals surface area contributed by atoms with E-state index in [1.54, 1.807) is 0 Å². The number of carbonyl (C=O) groups is 1. The molecule has 0 aliphatic heterocycles. The van der Waals surface area contributed by atoms with Crippen molar-refractivity contribution in [3.63, 3.8) is 0 Å². The zero-order valence-electron chi connectivity index (χ0n) is 15.3. The standard InChI is InChI=1S/C19H24F3N3OS/c1-11(18-7-12-4-13(8-18)6-14(5-12)9-18)24-16(26)10-27-17-23-3-2-15(25-17)19(20,21)22/h2-3,11-14H,4-10H2,1H3,(H,24,26). The Morgan fingerprint density at radius 3 is 2.41 bits per heavy atom. The van der Waals surface area contributed by atoms with Crippen LogP contribution in [0.25, 0.3) is 0 Å². The quantitative estimate of drug-likeness (QED) is 0.592. The Balaban J connectivity index is 1.33. The number of thioether (sulfide) groups is 1. The molecule has 0 saturated heterocycles. The number of amides is 1. The molecule has 1 aromatic heterocycles. The van der Waals surface area contributed by atoms with Crippen LogP contribution in [0.15, 0.2) is 17.4 Å². The molecule has 5 rings (SSSR count). The molecule has 1 aromatic rings. The minimum absolute atomic E-state index is 0.0255. The zero-order valence-corrected chi connectivity index (χ0v) is 16.1. The molecule has 27 heavy (non-hydrogen) atoms. The predicted octanol–water partition coefficient (Wildman–Crippen LogP) is 4.31. The van der Waals surface area contributed by atoms with E-state index in [2.05, 4.69) is 22.2 Å². The van der Waals surface area contributed by atoms with Crippen molar-refractivity contribution >= 4 is 17.7 Å². The van der Waals surface area contributed by atoms with Crippen LogP contribution in [-0.2, 0) is 11.0 Å². The van der Waals surface area contributed by atoms with Crippen molar-refractivity contribution in [2.24, 2.45) is 23.2 Å². The Morgan fingerprint density at radius 1 is 1.26 bits per heavy atom. The minimum Gasteiger partial charge on any atom is -0.352 e. The van der Waals surface area contributed by atoms with Crippen molar-refractivity contribution in [2.45, 2.75) is 62.8 Å². The Morgan fingerprint density at radius 2 is 1.85 bits per heavy atom. The topological polar surface area (TPSA) is 54.9 Å². The van der Waals surface area contributed by atoms with E-state index in [0.717, 1.165) is 41.8 Å². The summed E-state index contributed by atoms with van der Waals surface area (Å²) in [7, 11) is 0. The lowest BCUT2D eigenvalue weighted by Crippen LogP contribution is -2.56. The summed E-state index contributed by atoms with van der Waals surface area (Å²) in [6, 6.07) is 0.931. The van der Waals surface area contributed by atoms with Gasteiger partial charge in [-0.2, -0.15) is 13.2 Å². The highest BCUT2D eigenvalue weighted by atomic mass is 32.2. The predicted molar refractivity (Wildman–Crippen MR) is 96.0 cm³/mol. The molecule has 1 unspecified atom stereocenters. The second kappa shape index (κ2) is 6.94. The summed E-state index contributed by atoms with van der Waals surface area (Å²) in [6.07, 6.45) is 4.22. The summed E-state index contributed by atoms with van der Waals surface area (Å²) < 4.78 is 38.2. The van der Waals surface area contributed by atoms with Gasteiger partial charge in [-0.05, 0) is 74.7 Å². The van der Waals surface area contributed by atoms with Gasteiger partial charge in [0.1, 0.15) is 5.69 Å². The summed E-state index contributed by atoms with van der Waals surface area (Å²) in [6.45, 7) is 2.09. The van der Waals surface area contributed by atoms with Crippen LogP contribution in [0.2, 0.25) is 0 Å². The van der Waals surface area contributed by atoms with Crippen molar-refractivity contribution in [1.29, 1.82) is 0 Å². The molecular weight excluding hydrogens is 375 g/mol. The normalized spacial score (nSPS) is 33.1. The van der Waals surface area contributed by atoms with Crippen LogP contribution in [0.4, 0.5) is 13.2 Å². The molecule has 0 spiro atoms. The molecule has 4 aliphatic carbocycles. The van der Waals surface area contributed by atoms with Gasteiger partial charge in [0.2, 0.25) is 5.91 Å². The van der Waals surface area contributed by atoms with Gasteiger partial charge in [0, 0.05) is 12.2 Å². The van der Waals surface area contributed by atoms with E-state index in [0.29, 0.717) is 0 Å². The highest BCUT2D eigenvalue weighted by Crippen LogP contribution is 2.61. The molecular formula is C19H24F3N3OS. The SMILES string of the molecule is CC(NC(=O)CSc1nccc(C(F)(F)F)n1)C12CC3CC(CC(C3)C1)C2. The van der Waals surface area contributed by atoms with Gasteiger partial charge in [-0.1, -0.05) is 11.8 Å². The molecule has 4 fully saturated rings. The lowest BCUT2D eigenvalue weighted by molar-refractivity contribution is -0.141. The number of hydrogen-bond donors (Lipinski definition) is 1. The molecule has 0 radical (unpaired) electrons. The number of hydrogen-bond acceptors (Lipinski definition) is 4. The highest BCUT2D eigenvalue weighted by molar-refractivity contribution is 7.99. The fraction of sp³-hybridized carbons (Fsp3) is 0.737. The number of carbonyl (C=O) groups excluding carboxylic acids is 1. The molecule has 4 bridgehead atoms. The monoisotopic (exact) mass is 399 g/mol. The van der Waals surface area contributed by atoms with Crippen LogP contribution in [0.3, 0.4) is 0 Å². The fourth-order valence-electron chi connectivity index (χ4n) is 5.84. The molecule has 1 amide bonds. The summed E-state index contributed by atoms with van der Waals surface area (Å²) >= 11 is 0.944.